The molecule has 2 fully saturated rings. The molecule has 7 nitrogen and oxygen atoms in total. The Bertz CT molecular complexity index is 590. The lowest BCUT2D eigenvalue weighted by Gasteiger charge is -2.28. The second-order valence-corrected chi connectivity index (χ2v) is 6.77. The van der Waals surface area contributed by atoms with Crippen LogP contribution in [0, 0.1) is 0 Å². The Labute approximate surface area is 154 Å². The largest absolute Gasteiger partial charge is 0.445 e. The standard InChI is InChI=1S/C19H28N4O3/c24-18(21-10-14-22-12-8-20-9-13-22)17-7-4-11-23(17)19(25)26-15-16-5-2-1-3-6-16/h1-3,5-6,17,20H,4,7-15H2,(H,21,24). The van der Waals surface area contributed by atoms with Crippen molar-refractivity contribution in [1.29, 1.82) is 0 Å². The molecular formula is C19H28N4O3. The van der Waals surface area contributed by atoms with Gasteiger partial charge >= 0.3 is 6.09 Å². The van der Waals surface area contributed by atoms with Crippen LogP contribution in [0.4, 0.5) is 4.79 Å². The van der Waals surface area contributed by atoms with Gasteiger partial charge in [-0.3, -0.25) is 14.6 Å². The number of rotatable bonds is 6. The number of hydrogen-bond acceptors (Lipinski definition) is 5. The molecule has 1 atom stereocenters. The second-order valence-electron chi connectivity index (χ2n) is 6.77. The van der Waals surface area contributed by atoms with Crippen molar-refractivity contribution in [3.63, 3.8) is 0 Å². The van der Waals surface area contributed by atoms with Gasteiger partial charge in [-0.2, -0.15) is 0 Å². The molecule has 142 valence electrons. The average Bonchev–Trinajstić information content (AvgIpc) is 3.18. The molecule has 7 heteroatoms. The van der Waals surface area contributed by atoms with Crippen molar-refractivity contribution in [2.75, 3.05) is 45.8 Å². The molecule has 2 N–H and O–H groups in total. The third-order valence-corrected chi connectivity index (χ3v) is 4.93. The van der Waals surface area contributed by atoms with Crippen LogP contribution in [0.2, 0.25) is 0 Å². The van der Waals surface area contributed by atoms with Crippen molar-refractivity contribution < 1.29 is 14.3 Å². The fraction of sp³-hybridized carbons (Fsp3) is 0.579. The first kappa shape index (κ1) is 18.7. The molecule has 0 spiro atoms. The molecule has 2 heterocycles. The third kappa shape index (κ3) is 5.19. The van der Waals surface area contributed by atoms with E-state index in [0.717, 1.165) is 44.7 Å². The van der Waals surface area contributed by atoms with E-state index in [1.54, 1.807) is 4.90 Å². The fourth-order valence-corrected chi connectivity index (χ4v) is 3.45. The SMILES string of the molecule is O=C(NCCN1CCNCC1)C1CCCN1C(=O)OCc1ccccc1. The van der Waals surface area contributed by atoms with Crippen LogP contribution in [-0.2, 0) is 16.1 Å². The molecule has 0 saturated carbocycles. The van der Waals surface area contributed by atoms with Gasteiger partial charge in [0.05, 0.1) is 0 Å². The van der Waals surface area contributed by atoms with Gasteiger partial charge in [-0.1, -0.05) is 30.3 Å². The predicted molar refractivity (Wildman–Crippen MR) is 98.7 cm³/mol. The Morgan fingerprint density at radius 1 is 1.15 bits per heavy atom. The minimum atomic E-state index is -0.415. The molecule has 2 aliphatic rings. The number of piperazine rings is 1. The second kappa shape index (κ2) is 9.54. The van der Waals surface area contributed by atoms with Crippen molar-refractivity contribution in [1.82, 2.24) is 20.4 Å². The summed E-state index contributed by atoms with van der Waals surface area (Å²) in [4.78, 5) is 28.7. The van der Waals surface area contributed by atoms with E-state index in [0.29, 0.717) is 19.5 Å². The Balaban J connectivity index is 1.42. The number of carbonyl (C=O) groups excluding carboxylic acids is 2. The molecule has 1 unspecified atom stereocenters. The summed E-state index contributed by atoms with van der Waals surface area (Å²) in [6.07, 6.45) is 1.12. The van der Waals surface area contributed by atoms with Crippen LogP contribution < -0.4 is 10.6 Å². The third-order valence-electron chi connectivity index (χ3n) is 4.93. The maximum Gasteiger partial charge on any atom is 0.410 e. The quantitative estimate of drug-likeness (QED) is 0.785. The minimum absolute atomic E-state index is 0.0747. The summed E-state index contributed by atoms with van der Waals surface area (Å²) < 4.78 is 5.38. The normalized spacial score (nSPS) is 20.8. The van der Waals surface area contributed by atoms with Gasteiger partial charge in [0.1, 0.15) is 12.6 Å². The van der Waals surface area contributed by atoms with Crippen molar-refractivity contribution in [3.8, 4) is 0 Å². The molecule has 2 saturated heterocycles. The highest BCUT2D eigenvalue weighted by Gasteiger charge is 2.34. The van der Waals surface area contributed by atoms with Crippen molar-refractivity contribution in [3.05, 3.63) is 35.9 Å². The van der Waals surface area contributed by atoms with Gasteiger partial charge in [0.25, 0.3) is 0 Å². The van der Waals surface area contributed by atoms with Crippen LogP contribution in [0.1, 0.15) is 18.4 Å². The summed E-state index contributed by atoms with van der Waals surface area (Å²) >= 11 is 0. The molecule has 0 aromatic heterocycles. The number of nitrogens with one attached hydrogen (secondary N) is 2. The summed E-state index contributed by atoms with van der Waals surface area (Å²) in [5.41, 5.74) is 0.942. The van der Waals surface area contributed by atoms with Crippen LogP contribution in [0.25, 0.3) is 0 Å². The van der Waals surface area contributed by atoms with Crippen molar-refractivity contribution >= 4 is 12.0 Å². The van der Waals surface area contributed by atoms with Gasteiger partial charge in [-0.25, -0.2) is 4.79 Å². The topological polar surface area (TPSA) is 73.9 Å². The van der Waals surface area contributed by atoms with Gasteiger partial charge in [-0.15, -0.1) is 0 Å². The summed E-state index contributed by atoms with van der Waals surface area (Å²) in [6.45, 7) is 6.28. The maximum atomic E-state index is 12.5. The summed E-state index contributed by atoms with van der Waals surface area (Å²) in [7, 11) is 0. The highest BCUT2D eigenvalue weighted by molar-refractivity contribution is 5.86. The van der Waals surface area contributed by atoms with Crippen molar-refractivity contribution in [2.45, 2.75) is 25.5 Å². The summed E-state index contributed by atoms with van der Waals surface area (Å²) in [6, 6.07) is 9.16. The fourth-order valence-electron chi connectivity index (χ4n) is 3.45. The number of hydrogen-bond donors (Lipinski definition) is 2. The minimum Gasteiger partial charge on any atom is -0.445 e. The monoisotopic (exact) mass is 360 g/mol. The lowest BCUT2D eigenvalue weighted by Crippen LogP contribution is -2.49. The van der Waals surface area contributed by atoms with E-state index in [1.807, 2.05) is 30.3 Å². The summed E-state index contributed by atoms with van der Waals surface area (Å²) in [5, 5.41) is 6.29. The molecule has 0 radical (unpaired) electrons. The number of benzene rings is 1. The van der Waals surface area contributed by atoms with E-state index >= 15 is 0 Å². The first-order valence-corrected chi connectivity index (χ1v) is 9.42. The molecule has 1 aromatic carbocycles. The lowest BCUT2D eigenvalue weighted by molar-refractivity contribution is -0.125. The Kier molecular flexibility index (Phi) is 6.85. The molecule has 26 heavy (non-hydrogen) atoms. The summed E-state index contributed by atoms with van der Waals surface area (Å²) in [5.74, 6) is -0.0747. The first-order valence-electron chi connectivity index (χ1n) is 9.42. The van der Waals surface area contributed by atoms with E-state index in [-0.39, 0.29) is 12.5 Å². The smallest absolute Gasteiger partial charge is 0.410 e. The van der Waals surface area contributed by atoms with Crippen molar-refractivity contribution in [2.24, 2.45) is 0 Å². The van der Waals surface area contributed by atoms with E-state index in [1.165, 1.54) is 0 Å². The molecule has 2 amide bonds. The Morgan fingerprint density at radius 3 is 2.69 bits per heavy atom. The zero-order chi connectivity index (χ0) is 18.2. The number of likely N-dealkylation sites (tertiary alicyclic amines) is 1. The van der Waals surface area contributed by atoms with Crippen LogP contribution in [0.3, 0.4) is 0 Å². The van der Waals surface area contributed by atoms with Gasteiger partial charge in [0.15, 0.2) is 0 Å². The Morgan fingerprint density at radius 2 is 1.92 bits per heavy atom. The molecular weight excluding hydrogens is 332 g/mol. The highest BCUT2D eigenvalue weighted by Crippen LogP contribution is 2.19. The van der Waals surface area contributed by atoms with E-state index < -0.39 is 12.1 Å². The number of ether oxygens (including phenoxy) is 1. The van der Waals surface area contributed by atoms with Crippen LogP contribution in [-0.4, -0.2) is 73.7 Å². The van der Waals surface area contributed by atoms with Gasteiger partial charge < -0.3 is 15.4 Å². The van der Waals surface area contributed by atoms with Gasteiger partial charge in [-0.05, 0) is 18.4 Å². The van der Waals surface area contributed by atoms with Crippen LogP contribution >= 0.6 is 0 Å². The van der Waals surface area contributed by atoms with Crippen LogP contribution in [0.5, 0.6) is 0 Å². The van der Waals surface area contributed by atoms with Crippen LogP contribution in [0.15, 0.2) is 30.3 Å². The average molecular weight is 360 g/mol. The molecule has 0 bridgehead atoms. The first-order chi connectivity index (χ1) is 12.7. The number of amides is 2. The van der Waals surface area contributed by atoms with Gasteiger partial charge in [0.2, 0.25) is 5.91 Å². The Hall–Kier alpha value is -2.12. The highest BCUT2D eigenvalue weighted by atomic mass is 16.6. The van der Waals surface area contributed by atoms with Gasteiger partial charge in [0, 0.05) is 45.8 Å². The predicted octanol–water partition coefficient (Wildman–Crippen LogP) is 0.809. The molecule has 1 aromatic rings. The zero-order valence-electron chi connectivity index (χ0n) is 15.2. The maximum absolute atomic E-state index is 12.5. The van der Waals surface area contributed by atoms with E-state index in [4.69, 9.17) is 4.74 Å². The zero-order valence-corrected chi connectivity index (χ0v) is 15.2. The molecule has 0 aliphatic carbocycles. The van der Waals surface area contributed by atoms with E-state index in [2.05, 4.69) is 15.5 Å². The number of nitrogens with zero attached hydrogens (tertiary/aromatic N) is 2. The molecule has 2 aliphatic heterocycles. The van der Waals surface area contributed by atoms with E-state index in [9.17, 15) is 9.59 Å². The molecule has 3 rings (SSSR count). The number of carbonyl (C=O) groups is 2. The lowest BCUT2D eigenvalue weighted by atomic mass is 10.2.